The number of thioether (sulfide) groups is 1. The van der Waals surface area contributed by atoms with Gasteiger partial charge in [-0.3, -0.25) is 9.59 Å². The monoisotopic (exact) mass is 307 g/mol. The first kappa shape index (κ1) is 14.6. The van der Waals surface area contributed by atoms with E-state index in [1.54, 1.807) is 0 Å². The standard InChI is InChI=1S/C11H17NO5S2/c13-9(12-7-11(2-3-11)10(14)15)5-18-8-1-4-19(16,17)6-8/h8H,1-7H2,(H,12,13)(H,14,15). The van der Waals surface area contributed by atoms with E-state index in [9.17, 15) is 18.0 Å². The van der Waals surface area contributed by atoms with E-state index >= 15 is 0 Å². The predicted molar refractivity (Wildman–Crippen MR) is 71.8 cm³/mol. The van der Waals surface area contributed by atoms with E-state index in [-0.39, 0.29) is 35.0 Å². The number of aliphatic carboxylic acids is 1. The van der Waals surface area contributed by atoms with E-state index in [0.717, 1.165) is 0 Å². The number of hydrogen-bond acceptors (Lipinski definition) is 5. The molecule has 0 radical (unpaired) electrons. The van der Waals surface area contributed by atoms with Crippen LogP contribution in [0, 0.1) is 5.41 Å². The molecule has 1 unspecified atom stereocenters. The third-order valence-electron chi connectivity index (χ3n) is 3.57. The van der Waals surface area contributed by atoms with E-state index in [0.29, 0.717) is 19.3 Å². The maximum atomic E-state index is 11.6. The second-order valence-corrected chi connectivity index (χ2v) is 8.72. The number of rotatable bonds is 6. The van der Waals surface area contributed by atoms with E-state index in [1.165, 1.54) is 11.8 Å². The molecule has 2 rings (SSSR count). The highest BCUT2D eigenvalue weighted by atomic mass is 32.2. The van der Waals surface area contributed by atoms with Gasteiger partial charge >= 0.3 is 5.97 Å². The lowest BCUT2D eigenvalue weighted by atomic mass is 10.1. The van der Waals surface area contributed by atoms with Gasteiger partial charge in [0, 0.05) is 11.8 Å². The highest BCUT2D eigenvalue weighted by Gasteiger charge is 2.50. The molecule has 0 aromatic rings. The number of hydrogen-bond donors (Lipinski definition) is 2. The van der Waals surface area contributed by atoms with Crippen LogP contribution in [-0.4, -0.2) is 54.5 Å². The van der Waals surface area contributed by atoms with E-state index in [2.05, 4.69) is 5.32 Å². The topological polar surface area (TPSA) is 101 Å². The van der Waals surface area contributed by atoms with Crippen LogP contribution in [0.15, 0.2) is 0 Å². The van der Waals surface area contributed by atoms with E-state index < -0.39 is 21.2 Å². The van der Waals surface area contributed by atoms with Gasteiger partial charge in [-0.15, -0.1) is 11.8 Å². The largest absolute Gasteiger partial charge is 0.481 e. The Morgan fingerprint density at radius 2 is 2.05 bits per heavy atom. The lowest BCUT2D eigenvalue weighted by Crippen LogP contribution is -2.35. The second kappa shape index (κ2) is 5.32. The molecule has 8 heteroatoms. The van der Waals surface area contributed by atoms with Gasteiger partial charge in [-0.2, -0.15) is 0 Å². The molecule has 19 heavy (non-hydrogen) atoms. The Hall–Kier alpha value is -0.760. The Morgan fingerprint density at radius 1 is 1.37 bits per heavy atom. The zero-order valence-electron chi connectivity index (χ0n) is 10.4. The molecular formula is C11H17NO5S2. The van der Waals surface area contributed by atoms with E-state index in [1.807, 2.05) is 0 Å². The molecule has 1 aliphatic heterocycles. The maximum absolute atomic E-state index is 11.6. The Bertz CT molecular complexity index is 483. The molecule has 1 aliphatic carbocycles. The summed E-state index contributed by atoms with van der Waals surface area (Å²) >= 11 is 1.34. The summed E-state index contributed by atoms with van der Waals surface area (Å²) in [7, 11) is -2.91. The van der Waals surface area contributed by atoms with Gasteiger partial charge in [0.1, 0.15) is 0 Å². The van der Waals surface area contributed by atoms with Crippen molar-refractivity contribution in [2.24, 2.45) is 5.41 Å². The predicted octanol–water partition coefficient (Wildman–Crippen LogP) is -0.112. The molecule has 0 aromatic carbocycles. The number of carbonyl (C=O) groups excluding carboxylic acids is 1. The smallest absolute Gasteiger partial charge is 0.311 e. The van der Waals surface area contributed by atoms with Gasteiger partial charge in [-0.05, 0) is 19.3 Å². The summed E-state index contributed by atoms with van der Waals surface area (Å²) in [5.74, 6) is -0.543. The van der Waals surface area contributed by atoms with Crippen LogP contribution in [0.4, 0.5) is 0 Å². The van der Waals surface area contributed by atoms with Crippen molar-refractivity contribution in [3.05, 3.63) is 0 Å². The minimum atomic E-state index is -2.91. The average Bonchev–Trinajstić information content (AvgIpc) is 3.04. The Labute approximate surface area is 116 Å². The molecule has 1 atom stereocenters. The normalized spacial score (nSPS) is 26.8. The lowest BCUT2D eigenvalue weighted by Gasteiger charge is -2.12. The van der Waals surface area contributed by atoms with Gasteiger partial charge in [-0.1, -0.05) is 0 Å². The highest BCUT2D eigenvalue weighted by molar-refractivity contribution is 8.02. The van der Waals surface area contributed by atoms with Crippen molar-refractivity contribution in [2.75, 3.05) is 23.8 Å². The fourth-order valence-corrected chi connectivity index (χ4v) is 5.50. The number of carboxylic acid groups (broad SMARTS) is 1. The molecule has 1 heterocycles. The zero-order valence-corrected chi connectivity index (χ0v) is 12.1. The van der Waals surface area contributed by atoms with Crippen molar-refractivity contribution < 1.29 is 23.1 Å². The number of nitrogens with one attached hydrogen (secondary N) is 1. The summed E-state index contributed by atoms with van der Waals surface area (Å²) in [6.07, 6.45) is 1.81. The molecule has 2 N–H and O–H groups in total. The fourth-order valence-electron chi connectivity index (χ4n) is 2.02. The fraction of sp³-hybridized carbons (Fsp3) is 0.818. The van der Waals surface area contributed by atoms with Crippen molar-refractivity contribution in [1.29, 1.82) is 0 Å². The van der Waals surface area contributed by atoms with Crippen molar-refractivity contribution in [3.63, 3.8) is 0 Å². The summed E-state index contributed by atoms with van der Waals surface area (Å²) in [5, 5.41) is 11.6. The van der Waals surface area contributed by atoms with Crippen LogP contribution in [-0.2, 0) is 19.4 Å². The van der Waals surface area contributed by atoms with Gasteiger partial charge in [0.05, 0.1) is 22.7 Å². The molecule has 0 aromatic heterocycles. The Morgan fingerprint density at radius 3 is 2.53 bits per heavy atom. The van der Waals surface area contributed by atoms with Gasteiger partial charge in [0.15, 0.2) is 9.84 Å². The molecule has 1 saturated carbocycles. The second-order valence-electron chi connectivity index (χ2n) is 5.20. The van der Waals surface area contributed by atoms with Gasteiger partial charge in [-0.25, -0.2) is 8.42 Å². The van der Waals surface area contributed by atoms with Crippen molar-refractivity contribution in [2.45, 2.75) is 24.5 Å². The van der Waals surface area contributed by atoms with Crippen LogP contribution >= 0.6 is 11.8 Å². The Kier molecular flexibility index (Phi) is 4.10. The van der Waals surface area contributed by atoms with Gasteiger partial charge in [0.2, 0.25) is 5.91 Å². The van der Waals surface area contributed by atoms with Crippen LogP contribution in [0.25, 0.3) is 0 Å². The zero-order chi connectivity index (χ0) is 14.1. The summed E-state index contributed by atoms with van der Waals surface area (Å²) < 4.78 is 22.5. The van der Waals surface area contributed by atoms with Crippen molar-refractivity contribution in [1.82, 2.24) is 5.32 Å². The average molecular weight is 307 g/mol. The number of carbonyl (C=O) groups is 2. The summed E-state index contributed by atoms with van der Waals surface area (Å²) in [5.41, 5.74) is -0.753. The third kappa shape index (κ3) is 3.85. The number of carboxylic acids is 1. The quantitative estimate of drug-likeness (QED) is 0.710. The molecule has 0 spiro atoms. The maximum Gasteiger partial charge on any atom is 0.311 e. The molecule has 1 saturated heterocycles. The van der Waals surface area contributed by atoms with Crippen LogP contribution in [0.2, 0.25) is 0 Å². The molecular weight excluding hydrogens is 290 g/mol. The summed E-state index contributed by atoms with van der Waals surface area (Å²) in [6.45, 7) is 0.171. The first-order valence-electron chi connectivity index (χ1n) is 6.15. The van der Waals surface area contributed by atoms with Gasteiger partial charge < -0.3 is 10.4 Å². The molecule has 0 bridgehead atoms. The van der Waals surface area contributed by atoms with Crippen molar-refractivity contribution >= 4 is 33.5 Å². The number of sulfone groups is 1. The number of amides is 1. The summed E-state index contributed by atoms with van der Waals surface area (Å²) in [4.78, 5) is 22.5. The van der Waals surface area contributed by atoms with Crippen LogP contribution in [0.5, 0.6) is 0 Å². The first-order chi connectivity index (χ1) is 8.83. The van der Waals surface area contributed by atoms with Crippen LogP contribution in [0.1, 0.15) is 19.3 Å². The minimum Gasteiger partial charge on any atom is -0.481 e. The van der Waals surface area contributed by atoms with Gasteiger partial charge in [0.25, 0.3) is 0 Å². The summed E-state index contributed by atoms with van der Waals surface area (Å²) in [6, 6.07) is 0. The molecule has 1 amide bonds. The molecule has 6 nitrogen and oxygen atoms in total. The highest BCUT2D eigenvalue weighted by Crippen LogP contribution is 2.45. The van der Waals surface area contributed by atoms with Crippen LogP contribution in [0.3, 0.4) is 0 Å². The molecule has 2 fully saturated rings. The SMILES string of the molecule is O=C(CSC1CCS(=O)(=O)C1)NCC1(C(=O)O)CC1. The van der Waals surface area contributed by atoms with E-state index in [4.69, 9.17) is 5.11 Å². The third-order valence-corrected chi connectivity index (χ3v) is 6.85. The molecule has 2 aliphatic rings. The molecule has 108 valence electrons. The minimum absolute atomic E-state index is 0.00916. The lowest BCUT2D eigenvalue weighted by molar-refractivity contribution is -0.143. The first-order valence-corrected chi connectivity index (χ1v) is 9.02. The Balaban J connectivity index is 1.67. The van der Waals surface area contributed by atoms with Crippen molar-refractivity contribution in [3.8, 4) is 0 Å². The van der Waals surface area contributed by atoms with Crippen LogP contribution < -0.4 is 5.32 Å².